The second kappa shape index (κ2) is 13.1. The lowest BCUT2D eigenvalue weighted by Gasteiger charge is -2.39. The number of hydrogen-bond donors (Lipinski definition) is 2. The number of halogens is 3. The number of methoxy groups -OCH3 is 1. The SMILES string of the molecule is COc1cc(S(C)(=O)=O)ccc1NCC#Cc1cc2c(N[C@H]3CC[C@@H](N4CCS(=O)(=O)CC4)CC3)cccc2n1CC(F)(F)F. The average Bonchev–Trinajstić information content (AvgIpc) is 3.32. The van der Waals surface area contributed by atoms with Crippen LogP contribution in [-0.2, 0) is 26.2 Å². The van der Waals surface area contributed by atoms with Crippen LogP contribution >= 0.6 is 0 Å². The summed E-state index contributed by atoms with van der Waals surface area (Å²) in [5.41, 5.74) is 1.90. The van der Waals surface area contributed by atoms with Crippen molar-refractivity contribution in [2.24, 2.45) is 0 Å². The zero-order valence-corrected chi connectivity index (χ0v) is 26.8. The molecule has 2 fully saturated rings. The summed E-state index contributed by atoms with van der Waals surface area (Å²) in [5.74, 6) is 6.49. The molecule has 5 rings (SSSR count). The fourth-order valence-corrected chi connectivity index (χ4v) is 7.95. The Bertz CT molecular complexity index is 1810. The van der Waals surface area contributed by atoms with Crippen LogP contribution in [0.25, 0.3) is 10.9 Å². The summed E-state index contributed by atoms with van der Waals surface area (Å²) in [4.78, 5) is 2.38. The Hall–Kier alpha value is -3.41. The van der Waals surface area contributed by atoms with Crippen molar-refractivity contribution in [2.45, 2.75) is 55.4 Å². The Morgan fingerprint density at radius 1 is 1.02 bits per heavy atom. The molecule has 9 nitrogen and oxygen atoms in total. The van der Waals surface area contributed by atoms with Crippen molar-refractivity contribution < 1.29 is 34.7 Å². The number of anilines is 2. The molecule has 1 saturated carbocycles. The van der Waals surface area contributed by atoms with Crippen LogP contribution in [0.15, 0.2) is 47.4 Å². The molecule has 14 heteroatoms. The zero-order valence-electron chi connectivity index (χ0n) is 25.2. The first-order chi connectivity index (χ1) is 21.2. The van der Waals surface area contributed by atoms with Crippen molar-refractivity contribution in [3.63, 3.8) is 0 Å². The van der Waals surface area contributed by atoms with E-state index in [0.717, 1.165) is 37.6 Å². The number of hydrogen-bond acceptors (Lipinski definition) is 8. The number of sulfone groups is 2. The second-order valence-electron chi connectivity index (χ2n) is 11.6. The van der Waals surface area contributed by atoms with E-state index in [1.807, 2.05) is 6.07 Å². The summed E-state index contributed by atoms with van der Waals surface area (Å²) < 4.78 is 94.7. The van der Waals surface area contributed by atoms with Gasteiger partial charge in [0.25, 0.3) is 0 Å². The molecular formula is C31H37F3N4O5S2. The number of rotatable bonds is 8. The highest BCUT2D eigenvalue weighted by Gasteiger charge is 2.32. The second-order valence-corrected chi connectivity index (χ2v) is 15.9. The van der Waals surface area contributed by atoms with Crippen molar-refractivity contribution in [3.8, 4) is 17.6 Å². The van der Waals surface area contributed by atoms with Crippen molar-refractivity contribution in [1.82, 2.24) is 9.47 Å². The highest BCUT2D eigenvalue weighted by Crippen LogP contribution is 2.33. The highest BCUT2D eigenvalue weighted by atomic mass is 32.2. The first kappa shape index (κ1) is 33.0. The van der Waals surface area contributed by atoms with Crippen molar-refractivity contribution >= 4 is 42.0 Å². The van der Waals surface area contributed by atoms with Crippen LogP contribution in [0.5, 0.6) is 5.75 Å². The Morgan fingerprint density at radius 3 is 2.38 bits per heavy atom. The van der Waals surface area contributed by atoms with Gasteiger partial charge in [0.1, 0.15) is 12.3 Å². The molecular weight excluding hydrogens is 629 g/mol. The molecule has 0 atom stereocenters. The minimum absolute atomic E-state index is 0.0828. The van der Waals surface area contributed by atoms with Gasteiger partial charge in [-0.05, 0) is 61.9 Å². The molecule has 2 N–H and O–H groups in total. The predicted octanol–water partition coefficient (Wildman–Crippen LogP) is 4.53. The molecule has 0 bridgehead atoms. The molecule has 0 unspecified atom stereocenters. The van der Waals surface area contributed by atoms with Gasteiger partial charge in [0.2, 0.25) is 0 Å². The van der Waals surface area contributed by atoms with Gasteiger partial charge in [-0.1, -0.05) is 12.0 Å². The lowest BCUT2D eigenvalue weighted by molar-refractivity contribution is -0.140. The van der Waals surface area contributed by atoms with Gasteiger partial charge in [0, 0.05) is 48.6 Å². The smallest absolute Gasteiger partial charge is 0.406 e. The summed E-state index contributed by atoms with van der Waals surface area (Å²) in [6.45, 7) is 0.0349. The molecule has 244 valence electrons. The van der Waals surface area contributed by atoms with Gasteiger partial charge in [0.15, 0.2) is 19.7 Å². The summed E-state index contributed by atoms with van der Waals surface area (Å²) in [5, 5.41) is 7.25. The monoisotopic (exact) mass is 666 g/mol. The van der Waals surface area contributed by atoms with E-state index in [1.54, 1.807) is 24.3 Å². The van der Waals surface area contributed by atoms with Crippen molar-refractivity contribution in [3.05, 3.63) is 48.2 Å². The molecule has 0 radical (unpaired) electrons. The molecule has 45 heavy (non-hydrogen) atoms. The van der Waals surface area contributed by atoms with Crippen LogP contribution in [0.1, 0.15) is 31.4 Å². The fraction of sp³-hybridized carbons (Fsp3) is 0.484. The standard InChI is InChI=1S/C31H37F3N4O5S2/c1-43-30-20-25(44(2,39)40)12-13-28(30)35-14-4-5-24-19-26-27(6-3-7-29(26)38(24)21-31(32,33)34)36-22-8-10-23(11-9-22)37-15-17-45(41,42)18-16-37/h3,6-7,12-13,19-20,22-23,35-36H,8-11,14-18,21H2,1-2H3/t22-,23+. The van der Waals surface area contributed by atoms with Crippen LogP contribution in [0, 0.1) is 11.8 Å². The van der Waals surface area contributed by atoms with E-state index >= 15 is 0 Å². The molecule has 2 aromatic carbocycles. The Balaban J connectivity index is 1.31. The zero-order chi connectivity index (χ0) is 32.4. The van der Waals surface area contributed by atoms with Gasteiger partial charge in [-0.2, -0.15) is 13.2 Å². The van der Waals surface area contributed by atoms with Crippen LogP contribution in [0.2, 0.25) is 0 Å². The molecule has 3 aromatic rings. The number of nitrogens with zero attached hydrogens (tertiary/aromatic N) is 2. The topological polar surface area (TPSA) is 110 Å². The van der Waals surface area contributed by atoms with E-state index in [0.29, 0.717) is 41.5 Å². The van der Waals surface area contributed by atoms with Crippen LogP contribution in [-0.4, -0.2) is 89.1 Å². The number of benzene rings is 2. The third kappa shape index (κ3) is 8.25. The lowest BCUT2D eigenvalue weighted by atomic mass is 9.90. The molecule has 2 aliphatic rings. The van der Waals surface area contributed by atoms with Gasteiger partial charge in [-0.3, -0.25) is 4.90 Å². The number of ether oxygens (including phenoxy) is 1. The van der Waals surface area contributed by atoms with Crippen molar-refractivity contribution in [2.75, 3.05) is 55.1 Å². The number of nitrogens with one attached hydrogen (secondary N) is 2. The van der Waals surface area contributed by atoms with E-state index < -0.39 is 32.4 Å². The minimum Gasteiger partial charge on any atom is -0.495 e. The highest BCUT2D eigenvalue weighted by molar-refractivity contribution is 7.91. The van der Waals surface area contributed by atoms with E-state index in [-0.39, 0.29) is 34.7 Å². The fourth-order valence-electron chi connectivity index (χ4n) is 6.08. The van der Waals surface area contributed by atoms with Crippen LogP contribution < -0.4 is 15.4 Å². The lowest BCUT2D eigenvalue weighted by Crippen LogP contribution is -2.48. The van der Waals surface area contributed by atoms with Gasteiger partial charge >= 0.3 is 6.18 Å². The van der Waals surface area contributed by atoms with E-state index in [2.05, 4.69) is 27.4 Å². The molecule has 1 aliphatic heterocycles. The predicted molar refractivity (Wildman–Crippen MR) is 169 cm³/mol. The van der Waals surface area contributed by atoms with Gasteiger partial charge in [0.05, 0.1) is 47.0 Å². The summed E-state index contributed by atoms with van der Waals surface area (Å²) >= 11 is 0. The molecule has 0 amide bonds. The molecule has 1 saturated heterocycles. The third-order valence-corrected chi connectivity index (χ3v) is 11.1. The minimum atomic E-state index is -4.45. The average molecular weight is 667 g/mol. The maximum atomic E-state index is 13.7. The summed E-state index contributed by atoms with van der Waals surface area (Å²) in [7, 11) is -4.95. The van der Waals surface area contributed by atoms with Crippen LogP contribution in [0.4, 0.5) is 24.5 Å². The molecule has 1 aromatic heterocycles. The molecule has 0 spiro atoms. The quantitative estimate of drug-likeness (QED) is 0.338. The maximum absolute atomic E-state index is 13.7. The number of aromatic nitrogens is 1. The largest absolute Gasteiger partial charge is 0.495 e. The van der Waals surface area contributed by atoms with E-state index in [9.17, 15) is 30.0 Å². The van der Waals surface area contributed by atoms with E-state index in [4.69, 9.17) is 4.74 Å². The van der Waals surface area contributed by atoms with E-state index in [1.165, 1.54) is 23.8 Å². The normalized spacial score (nSPS) is 20.7. The Labute approximate surface area is 262 Å². The van der Waals surface area contributed by atoms with Gasteiger partial charge in [-0.25, -0.2) is 16.8 Å². The van der Waals surface area contributed by atoms with Gasteiger partial charge < -0.3 is 19.9 Å². The van der Waals surface area contributed by atoms with Gasteiger partial charge in [-0.15, -0.1) is 0 Å². The maximum Gasteiger partial charge on any atom is 0.406 e. The third-order valence-electron chi connectivity index (χ3n) is 8.42. The molecule has 2 heterocycles. The molecule has 1 aliphatic carbocycles. The number of fused-ring (bicyclic) bond motifs is 1. The summed E-state index contributed by atoms with van der Waals surface area (Å²) in [6, 6.07) is 11.8. The van der Waals surface area contributed by atoms with Crippen molar-refractivity contribution in [1.29, 1.82) is 0 Å². The Kier molecular flexibility index (Phi) is 9.62. The summed E-state index contributed by atoms with van der Waals surface area (Å²) in [6.07, 6.45) is 0.244. The first-order valence-corrected chi connectivity index (χ1v) is 18.4. The van der Waals surface area contributed by atoms with Crippen LogP contribution in [0.3, 0.4) is 0 Å². The first-order valence-electron chi connectivity index (χ1n) is 14.7. The number of alkyl halides is 3. The Morgan fingerprint density at radius 2 is 1.73 bits per heavy atom.